The summed E-state index contributed by atoms with van der Waals surface area (Å²) in [6.45, 7) is 0.393. The van der Waals surface area contributed by atoms with E-state index in [-0.39, 0.29) is 5.91 Å². The number of hydrogen-bond donors (Lipinski definition) is 2. The molecule has 0 spiro atoms. The van der Waals surface area contributed by atoms with Gasteiger partial charge in [-0.05, 0) is 11.4 Å². The smallest absolute Gasteiger partial charge is 0.225 e. The molecule has 0 bridgehead atoms. The Morgan fingerprint density at radius 1 is 1.60 bits per heavy atom. The molecule has 0 fully saturated rings. The summed E-state index contributed by atoms with van der Waals surface area (Å²) in [6, 6.07) is 3.88. The quantitative estimate of drug-likeness (QED) is 0.801. The first-order valence-corrected chi connectivity index (χ1v) is 5.36. The van der Waals surface area contributed by atoms with E-state index in [9.17, 15) is 4.79 Å². The molecule has 0 saturated carbocycles. The van der Waals surface area contributed by atoms with E-state index in [0.29, 0.717) is 18.8 Å². The van der Waals surface area contributed by atoms with Crippen LogP contribution in [0.15, 0.2) is 23.8 Å². The standard InChI is InChI=1S/C9H10N4OS/c14-9(4-7-2-1-3-15-7)10-5-8-11-6-12-13-8/h1-3,6H,4-5H2,(H,10,14)(H,11,12,13). The van der Waals surface area contributed by atoms with Gasteiger partial charge in [0.2, 0.25) is 5.91 Å². The van der Waals surface area contributed by atoms with E-state index in [1.807, 2.05) is 17.5 Å². The fraction of sp³-hybridized carbons (Fsp3) is 0.222. The van der Waals surface area contributed by atoms with Crippen molar-refractivity contribution in [2.75, 3.05) is 0 Å². The molecule has 78 valence electrons. The fourth-order valence-electron chi connectivity index (χ4n) is 1.13. The number of aromatic nitrogens is 3. The molecule has 0 aliphatic heterocycles. The Morgan fingerprint density at radius 2 is 2.53 bits per heavy atom. The van der Waals surface area contributed by atoms with Gasteiger partial charge in [-0.25, -0.2) is 4.98 Å². The molecule has 15 heavy (non-hydrogen) atoms. The summed E-state index contributed by atoms with van der Waals surface area (Å²) in [4.78, 5) is 16.4. The third-order valence-electron chi connectivity index (χ3n) is 1.83. The summed E-state index contributed by atoms with van der Waals surface area (Å²) in [7, 11) is 0. The van der Waals surface area contributed by atoms with Gasteiger partial charge in [0.1, 0.15) is 12.2 Å². The Kier molecular flexibility index (Phi) is 3.08. The van der Waals surface area contributed by atoms with Crippen LogP contribution in [0.25, 0.3) is 0 Å². The Morgan fingerprint density at radius 3 is 3.20 bits per heavy atom. The van der Waals surface area contributed by atoms with Crippen molar-refractivity contribution in [2.24, 2.45) is 0 Å². The van der Waals surface area contributed by atoms with Crippen molar-refractivity contribution in [3.8, 4) is 0 Å². The van der Waals surface area contributed by atoms with Crippen molar-refractivity contribution in [1.82, 2.24) is 20.5 Å². The minimum absolute atomic E-state index is 0.00569. The SMILES string of the molecule is O=C(Cc1cccs1)NCc1ncn[nH]1. The van der Waals surface area contributed by atoms with Crippen LogP contribution in [0.3, 0.4) is 0 Å². The number of nitrogens with one attached hydrogen (secondary N) is 2. The van der Waals surface area contributed by atoms with Gasteiger partial charge in [0.25, 0.3) is 0 Å². The highest BCUT2D eigenvalue weighted by Crippen LogP contribution is 2.08. The van der Waals surface area contributed by atoms with Gasteiger partial charge in [0, 0.05) is 4.88 Å². The van der Waals surface area contributed by atoms with Crippen LogP contribution in [0.4, 0.5) is 0 Å². The van der Waals surface area contributed by atoms with Crippen molar-refractivity contribution in [3.63, 3.8) is 0 Å². The summed E-state index contributed by atoms with van der Waals surface area (Å²) in [5.74, 6) is 0.656. The minimum atomic E-state index is -0.00569. The summed E-state index contributed by atoms with van der Waals surface area (Å²) in [5.41, 5.74) is 0. The number of aromatic amines is 1. The Balaban J connectivity index is 1.78. The number of thiophene rings is 1. The monoisotopic (exact) mass is 222 g/mol. The van der Waals surface area contributed by atoms with Crippen LogP contribution < -0.4 is 5.32 Å². The maximum Gasteiger partial charge on any atom is 0.225 e. The molecule has 0 radical (unpaired) electrons. The van der Waals surface area contributed by atoms with E-state index in [1.54, 1.807) is 11.3 Å². The summed E-state index contributed by atoms with van der Waals surface area (Å²) >= 11 is 1.58. The molecular formula is C9H10N4OS. The lowest BCUT2D eigenvalue weighted by atomic mass is 10.3. The average Bonchev–Trinajstić information content (AvgIpc) is 2.86. The van der Waals surface area contributed by atoms with Gasteiger partial charge in [-0.1, -0.05) is 6.07 Å². The molecule has 2 N–H and O–H groups in total. The summed E-state index contributed by atoms with van der Waals surface area (Å²) in [6.07, 6.45) is 1.84. The van der Waals surface area contributed by atoms with Crippen LogP contribution in [0, 0.1) is 0 Å². The van der Waals surface area contributed by atoms with Crippen LogP contribution in [-0.2, 0) is 17.8 Å². The lowest BCUT2D eigenvalue weighted by Crippen LogP contribution is -2.24. The third-order valence-corrected chi connectivity index (χ3v) is 2.71. The summed E-state index contributed by atoms with van der Waals surface area (Å²) in [5, 5.41) is 11.1. The zero-order chi connectivity index (χ0) is 10.5. The molecule has 0 aliphatic carbocycles. The Hall–Kier alpha value is -1.69. The number of amides is 1. The van der Waals surface area contributed by atoms with E-state index in [0.717, 1.165) is 4.88 Å². The maximum absolute atomic E-state index is 11.4. The van der Waals surface area contributed by atoms with E-state index in [4.69, 9.17) is 0 Å². The minimum Gasteiger partial charge on any atom is -0.349 e. The van der Waals surface area contributed by atoms with Crippen molar-refractivity contribution >= 4 is 17.2 Å². The molecule has 0 saturated heterocycles. The molecule has 2 aromatic heterocycles. The van der Waals surface area contributed by atoms with Gasteiger partial charge >= 0.3 is 0 Å². The number of rotatable bonds is 4. The van der Waals surface area contributed by atoms with Gasteiger partial charge in [0.15, 0.2) is 0 Å². The zero-order valence-electron chi connectivity index (χ0n) is 7.93. The average molecular weight is 222 g/mol. The lowest BCUT2D eigenvalue weighted by molar-refractivity contribution is -0.120. The van der Waals surface area contributed by atoms with E-state index < -0.39 is 0 Å². The largest absolute Gasteiger partial charge is 0.349 e. The molecule has 0 aliphatic rings. The van der Waals surface area contributed by atoms with Crippen LogP contribution in [0.1, 0.15) is 10.7 Å². The first-order valence-electron chi connectivity index (χ1n) is 4.48. The molecule has 0 aromatic carbocycles. The topological polar surface area (TPSA) is 70.7 Å². The number of nitrogens with zero attached hydrogens (tertiary/aromatic N) is 2. The Bertz CT molecular complexity index is 409. The van der Waals surface area contributed by atoms with Crippen LogP contribution >= 0.6 is 11.3 Å². The molecule has 2 aromatic rings. The molecule has 0 unspecified atom stereocenters. The normalized spacial score (nSPS) is 10.1. The lowest BCUT2D eigenvalue weighted by Gasteiger charge is -2.00. The van der Waals surface area contributed by atoms with Crippen LogP contribution in [0.2, 0.25) is 0 Å². The molecule has 5 nitrogen and oxygen atoms in total. The second kappa shape index (κ2) is 4.70. The van der Waals surface area contributed by atoms with Crippen molar-refractivity contribution < 1.29 is 4.79 Å². The maximum atomic E-state index is 11.4. The van der Waals surface area contributed by atoms with Crippen LogP contribution in [0.5, 0.6) is 0 Å². The fourth-order valence-corrected chi connectivity index (χ4v) is 1.84. The second-order valence-corrected chi connectivity index (χ2v) is 4.00. The van der Waals surface area contributed by atoms with Gasteiger partial charge in [0.05, 0.1) is 13.0 Å². The van der Waals surface area contributed by atoms with Crippen LogP contribution in [-0.4, -0.2) is 21.1 Å². The van der Waals surface area contributed by atoms with Gasteiger partial charge in [-0.2, -0.15) is 5.10 Å². The predicted molar refractivity (Wildman–Crippen MR) is 56.3 cm³/mol. The molecule has 0 atom stereocenters. The number of H-pyrrole nitrogens is 1. The highest BCUT2D eigenvalue weighted by atomic mass is 32.1. The van der Waals surface area contributed by atoms with E-state index in [1.165, 1.54) is 6.33 Å². The molecule has 2 heterocycles. The highest BCUT2D eigenvalue weighted by molar-refractivity contribution is 7.10. The van der Waals surface area contributed by atoms with Crippen molar-refractivity contribution in [2.45, 2.75) is 13.0 Å². The van der Waals surface area contributed by atoms with Gasteiger partial charge in [-0.3, -0.25) is 9.89 Å². The third kappa shape index (κ3) is 2.88. The van der Waals surface area contributed by atoms with E-state index >= 15 is 0 Å². The zero-order valence-corrected chi connectivity index (χ0v) is 8.75. The number of hydrogen-bond acceptors (Lipinski definition) is 4. The first kappa shape index (κ1) is 9.85. The first-order chi connectivity index (χ1) is 7.34. The molecule has 1 amide bonds. The second-order valence-electron chi connectivity index (χ2n) is 2.97. The Labute approximate surface area is 90.6 Å². The molecular weight excluding hydrogens is 212 g/mol. The predicted octanol–water partition coefficient (Wildman–Crippen LogP) is 0.725. The highest BCUT2D eigenvalue weighted by Gasteiger charge is 2.04. The molecule has 6 heteroatoms. The summed E-state index contributed by atoms with van der Waals surface area (Å²) < 4.78 is 0. The number of carbonyl (C=O) groups is 1. The molecule has 2 rings (SSSR count). The van der Waals surface area contributed by atoms with Gasteiger partial charge in [-0.15, -0.1) is 11.3 Å². The number of carbonyl (C=O) groups excluding carboxylic acids is 1. The van der Waals surface area contributed by atoms with Crippen molar-refractivity contribution in [1.29, 1.82) is 0 Å². The van der Waals surface area contributed by atoms with Crippen molar-refractivity contribution in [3.05, 3.63) is 34.5 Å². The van der Waals surface area contributed by atoms with E-state index in [2.05, 4.69) is 20.5 Å². The van der Waals surface area contributed by atoms with Gasteiger partial charge < -0.3 is 5.32 Å².